The number of piperazine rings is 1. The Balaban J connectivity index is 0.00000210. The number of thiazole rings is 1. The van der Waals surface area contributed by atoms with Gasteiger partial charge in [-0.2, -0.15) is 0 Å². The number of amides is 1. The molecule has 0 spiro atoms. The molecule has 1 fully saturated rings. The van der Waals surface area contributed by atoms with Gasteiger partial charge in [-0.15, -0.1) is 36.2 Å². The highest BCUT2D eigenvalue weighted by Gasteiger charge is 2.35. The first-order chi connectivity index (χ1) is 12.7. The van der Waals surface area contributed by atoms with Crippen molar-refractivity contribution in [2.24, 2.45) is 5.73 Å². The highest BCUT2D eigenvalue weighted by atomic mass is 35.5. The maximum Gasteiger partial charge on any atom is 0.247 e. The topological polar surface area (TPSA) is 62.5 Å². The number of nitrogens with two attached hydrogens (primary N) is 1. The molecule has 0 saturated carbocycles. The summed E-state index contributed by atoms with van der Waals surface area (Å²) in [5, 5.41) is 3.33. The molecule has 3 rings (SSSR count). The molecule has 1 aromatic carbocycles. The number of carbonyl (C=O) groups is 1. The standard InChI is InChI=1S/C21H30N4OS.2ClH/c1-20(2,3)18-23-17(15-27-18)14-24-10-12-25(13-11-24)19(26)21(4,22)16-8-6-5-7-9-16;;/h5-9,15H,10-14,22H2,1-4H3;2*1H. The lowest BCUT2D eigenvalue weighted by atomic mass is 9.91. The number of rotatable bonds is 4. The number of aromatic nitrogens is 1. The van der Waals surface area contributed by atoms with Crippen LogP contribution in [-0.4, -0.2) is 46.9 Å². The van der Waals surface area contributed by atoms with Gasteiger partial charge in [-0.25, -0.2) is 4.98 Å². The van der Waals surface area contributed by atoms with Gasteiger partial charge in [0.15, 0.2) is 0 Å². The van der Waals surface area contributed by atoms with Crippen LogP contribution < -0.4 is 5.73 Å². The summed E-state index contributed by atoms with van der Waals surface area (Å²) in [6.45, 7) is 12.3. The van der Waals surface area contributed by atoms with Crippen molar-refractivity contribution in [3.8, 4) is 0 Å². The van der Waals surface area contributed by atoms with E-state index in [1.54, 1.807) is 18.3 Å². The van der Waals surface area contributed by atoms with Crippen molar-refractivity contribution in [2.75, 3.05) is 26.2 Å². The zero-order valence-corrected chi connectivity index (χ0v) is 20.0. The van der Waals surface area contributed by atoms with Gasteiger partial charge in [-0.05, 0) is 12.5 Å². The van der Waals surface area contributed by atoms with Crippen molar-refractivity contribution in [3.05, 3.63) is 52.0 Å². The number of benzene rings is 1. The Morgan fingerprint density at radius 2 is 1.66 bits per heavy atom. The molecule has 1 aliphatic rings. The average Bonchev–Trinajstić information content (AvgIpc) is 3.11. The highest BCUT2D eigenvalue weighted by Crippen LogP contribution is 2.26. The molecule has 2 N–H and O–H groups in total. The summed E-state index contributed by atoms with van der Waals surface area (Å²) < 4.78 is 0. The Labute approximate surface area is 190 Å². The van der Waals surface area contributed by atoms with E-state index in [0.29, 0.717) is 13.1 Å². The Kier molecular flexibility index (Phi) is 9.12. The normalized spacial score (nSPS) is 17.1. The zero-order chi connectivity index (χ0) is 19.7. The molecule has 162 valence electrons. The third-order valence-corrected chi connectivity index (χ3v) is 6.37. The SMILES string of the molecule is CC(C)(C)c1nc(CN2CCN(C(=O)C(C)(N)c3ccccc3)CC2)cs1.Cl.Cl. The number of nitrogens with zero attached hydrogens (tertiary/aromatic N) is 3. The van der Waals surface area contributed by atoms with Gasteiger partial charge in [0.1, 0.15) is 5.54 Å². The molecule has 0 bridgehead atoms. The largest absolute Gasteiger partial charge is 0.338 e. The summed E-state index contributed by atoms with van der Waals surface area (Å²) in [4.78, 5) is 22.0. The minimum absolute atomic E-state index is 0. The van der Waals surface area contributed by atoms with Crippen LogP contribution in [0.5, 0.6) is 0 Å². The molecular weight excluding hydrogens is 427 g/mol. The van der Waals surface area contributed by atoms with E-state index in [-0.39, 0.29) is 36.1 Å². The molecule has 2 aromatic rings. The Hall–Kier alpha value is -1.18. The molecule has 0 aliphatic carbocycles. The second kappa shape index (κ2) is 10.2. The monoisotopic (exact) mass is 458 g/mol. The Morgan fingerprint density at radius 1 is 1.07 bits per heavy atom. The third kappa shape index (κ3) is 6.15. The number of hydrogen-bond acceptors (Lipinski definition) is 5. The fourth-order valence-corrected chi connectivity index (χ4v) is 4.20. The zero-order valence-electron chi connectivity index (χ0n) is 17.6. The molecule has 8 heteroatoms. The number of hydrogen-bond donors (Lipinski definition) is 1. The molecular formula is C21H32Cl2N4OS. The predicted molar refractivity (Wildman–Crippen MR) is 125 cm³/mol. The van der Waals surface area contributed by atoms with Gasteiger partial charge in [-0.1, -0.05) is 51.1 Å². The highest BCUT2D eigenvalue weighted by molar-refractivity contribution is 7.09. The summed E-state index contributed by atoms with van der Waals surface area (Å²) in [5.74, 6) is -0.00275. The minimum atomic E-state index is -0.986. The first-order valence-electron chi connectivity index (χ1n) is 9.49. The lowest BCUT2D eigenvalue weighted by Gasteiger charge is -2.38. The van der Waals surface area contributed by atoms with Crippen LogP contribution in [0.3, 0.4) is 0 Å². The maximum atomic E-state index is 13.0. The molecule has 1 aliphatic heterocycles. The minimum Gasteiger partial charge on any atom is -0.338 e. The van der Waals surface area contributed by atoms with Gasteiger partial charge < -0.3 is 10.6 Å². The van der Waals surface area contributed by atoms with E-state index in [4.69, 9.17) is 10.7 Å². The molecule has 1 unspecified atom stereocenters. The third-order valence-electron chi connectivity index (χ3n) is 5.06. The van der Waals surface area contributed by atoms with E-state index in [1.165, 1.54) is 5.01 Å². The van der Waals surface area contributed by atoms with E-state index in [1.807, 2.05) is 35.2 Å². The number of halogens is 2. The first kappa shape index (κ1) is 25.9. The van der Waals surface area contributed by atoms with E-state index in [2.05, 4.69) is 31.1 Å². The molecule has 1 aromatic heterocycles. The number of carbonyl (C=O) groups excluding carboxylic acids is 1. The quantitative estimate of drug-likeness (QED) is 0.756. The Bertz CT molecular complexity index is 781. The fraction of sp³-hybridized carbons (Fsp3) is 0.524. The smallest absolute Gasteiger partial charge is 0.247 e. The Morgan fingerprint density at radius 3 is 2.17 bits per heavy atom. The first-order valence-corrected chi connectivity index (χ1v) is 10.4. The van der Waals surface area contributed by atoms with Gasteiger partial charge in [-0.3, -0.25) is 9.69 Å². The second-order valence-electron chi connectivity index (χ2n) is 8.53. The summed E-state index contributed by atoms with van der Waals surface area (Å²) in [7, 11) is 0. The summed E-state index contributed by atoms with van der Waals surface area (Å²) in [5.41, 5.74) is 7.49. The van der Waals surface area contributed by atoms with Gasteiger partial charge in [0.25, 0.3) is 0 Å². The summed E-state index contributed by atoms with van der Waals surface area (Å²) >= 11 is 1.73. The van der Waals surface area contributed by atoms with E-state index in [9.17, 15) is 4.79 Å². The lowest BCUT2D eigenvalue weighted by Crippen LogP contribution is -2.56. The van der Waals surface area contributed by atoms with Crippen LogP contribution in [0.1, 0.15) is 44.0 Å². The van der Waals surface area contributed by atoms with Crippen LogP contribution in [0.15, 0.2) is 35.7 Å². The van der Waals surface area contributed by atoms with Crippen molar-refractivity contribution in [1.29, 1.82) is 0 Å². The van der Waals surface area contributed by atoms with Crippen LogP contribution in [0.4, 0.5) is 0 Å². The van der Waals surface area contributed by atoms with Crippen LogP contribution >= 0.6 is 36.2 Å². The van der Waals surface area contributed by atoms with Crippen molar-refractivity contribution in [2.45, 2.75) is 45.2 Å². The van der Waals surface area contributed by atoms with Crippen molar-refractivity contribution >= 4 is 42.1 Å². The average molecular weight is 459 g/mol. The van der Waals surface area contributed by atoms with Gasteiger partial charge in [0.2, 0.25) is 5.91 Å². The molecule has 1 atom stereocenters. The molecule has 1 saturated heterocycles. The lowest BCUT2D eigenvalue weighted by molar-refractivity contribution is -0.138. The van der Waals surface area contributed by atoms with E-state index >= 15 is 0 Å². The van der Waals surface area contributed by atoms with Gasteiger partial charge in [0, 0.05) is 43.5 Å². The molecule has 29 heavy (non-hydrogen) atoms. The second-order valence-corrected chi connectivity index (χ2v) is 9.39. The van der Waals surface area contributed by atoms with Gasteiger partial charge in [0.05, 0.1) is 10.7 Å². The predicted octanol–water partition coefficient (Wildman–Crippen LogP) is 3.80. The molecule has 0 radical (unpaired) electrons. The van der Waals surface area contributed by atoms with Crippen LogP contribution in [0.25, 0.3) is 0 Å². The molecule has 2 heterocycles. The van der Waals surface area contributed by atoms with Crippen molar-refractivity contribution < 1.29 is 4.79 Å². The van der Waals surface area contributed by atoms with Crippen molar-refractivity contribution in [1.82, 2.24) is 14.8 Å². The van der Waals surface area contributed by atoms with Crippen LogP contribution in [-0.2, 0) is 22.3 Å². The van der Waals surface area contributed by atoms with Gasteiger partial charge >= 0.3 is 0 Å². The molecule has 5 nitrogen and oxygen atoms in total. The summed E-state index contributed by atoms with van der Waals surface area (Å²) in [6.07, 6.45) is 0. The maximum absolute atomic E-state index is 13.0. The van der Waals surface area contributed by atoms with E-state index < -0.39 is 5.54 Å². The fourth-order valence-electron chi connectivity index (χ4n) is 3.30. The van der Waals surface area contributed by atoms with E-state index in [0.717, 1.165) is 30.9 Å². The van der Waals surface area contributed by atoms with Crippen molar-refractivity contribution in [3.63, 3.8) is 0 Å². The summed E-state index contributed by atoms with van der Waals surface area (Å²) in [6, 6.07) is 9.62. The molecule has 1 amide bonds. The van der Waals surface area contributed by atoms with Crippen LogP contribution in [0, 0.1) is 0 Å². The van der Waals surface area contributed by atoms with Crippen LogP contribution in [0.2, 0.25) is 0 Å².